The molecule has 0 radical (unpaired) electrons. The van der Waals surface area contributed by atoms with Crippen molar-refractivity contribution in [3.8, 4) is 11.5 Å². The van der Waals surface area contributed by atoms with E-state index in [1.54, 1.807) is 18.2 Å². The second-order valence-corrected chi connectivity index (χ2v) is 11.1. The minimum atomic E-state index is -0.767. The molecular weight excluding hydrogens is 641 g/mol. The number of hydrogen-bond acceptors (Lipinski definition) is 3. The molecule has 52 heavy (non-hydrogen) atoms. The van der Waals surface area contributed by atoms with Crippen molar-refractivity contribution in [2.24, 2.45) is 0 Å². The van der Waals surface area contributed by atoms with Gasteiger partial charge in [0.25, 0.3) is 0 Å². The third kappa shape index (κ3) is 14.2. The van der Waals surface area contributed by atoms with E-state index in [1.165, 1.54) is 40.7 Å². The van der Waals surface area contributed by atoms with E-state index in [2.05, 4.69) is 67.6 Å². The molecule has 0 aromatic heterocycles. The molecule has 286 valence electrons. The van der Waals surface area contributed by atoms with Crippen LogP contribution in [0.25, 0.3) is 24.3 Å². The molecule has 0 bridgehead atoms. The maximum Gasteiger partial charge on any atom is 0.303 e. The first kappa shape index (κ1) is 49.5. The van der Waals surface area contributed by atoms with Crippen LogP contribution >= 0.6 is 0 Å². The molecule has 0 aliphatic heterocycles. The lowest BCUT2D eigenvalue weighted by Gasteiger charge is -2.20. The number of aliphatic carboxylic acids is 1. The van der Waals surface area contributed by atoms with Crippen LogP contribution in [0.4, 0.5) is 0 Å². The van der Waals surface area contributed by atoms with E-state index in [4.69, 9.17) is 5.11 Å². The topological polar surface area (TPSA) is 77.8 Å². The van der Waals surface area contributed by atoms with Crippen LogP contribution in [0.5, 0.6) is 11.5 Å². The quantitative estimate of drug-likeness (QED) is 0.178. The van der Waals surface area contributed by atoms with Gasteiger partial charge in [-0.1, -0.05) is 175 Å². The molecule has 0 heterocycles. The zero-order valence-corrected chi connectivity index (χ0v) is 32.0. The maximum absolute atomic E-state index is 10.8. The number of benzene rings is 4. The molecule has 4 nitrogen and oxygen atoms in total. The molecule has 6 rings (SSSR count). The van der Waals surface area contributed by atoms with Gasteiger partial charge in [0.05, 0.1) is 0 Å². The second-order valence-electron chi connectivity index (χ2n) is 11.1. The largest absolute Gasteiger partial charge is 0.508 e. The average Bonchev–Trinajstić information content (AvgIpc) is 3.42. The van der Waals surface area contributed by atoms with Crippen LogP contribution in [0.15, 0.2) is 84.9 Å². The zero-order chi connectivity index (χ0) is 37.5. The van der Waals surface area contributed by atoms with Crippen molar-refractivity contribution in [1.29, 1.82) is 0 Å². The van der Waals surface area contributed by atoms with Gasteiger partial charge in [-0.3, -0.25) is 4.79 Å². The molecular formula is C48H70O4. The number of phenolic OH excluding ortho intramolecular Hbond substituents is 2. The van der Waals surface area contributed by atoms with Crippen LogP contribution in [-0.2, 0) is 4.79 Å². The minimum Gasteiger partial charge on any atom is -0.508 e. The number of unbranched alkanes of at least 4 members (excludes halogenated alkanes) is 1. The molecule has 4 aromatic rings. The van der Waals surface area contributed by atoms with Crippen molar-refractivity contribution >= 4 is 30.3 Å². The van der Waals surface area contributed by atoms with E-state index in [9.17, 15) is 15.0 Å². The third-order valence-electron chi connectivity index (χ3n) is 8.25. The van der Waals surface area contributed by atoms with Gasteiger partial charge in [0.1, 0.15) is 11.5 Å². The molecule has 2 aliphatic rings. The predicted molar refractivity (Wildman–Crippen MR) is 231 cm³/mol. The zero-order valence-electron chi connectivity index (χ0n) is 32.0. The van der Waals surface area contributed by atoms with Gasteiger partial charge in [0.15, 0.2) is 0 Å². The highest BCUT2D eigenvalue weighted by Gasteiger charge is 2.23. The smallest absolute Gasteiger partial charge is 0.303 e. The van der Waals surface area contributed by atoms with Crippen LogP contribution in [0, 0.1) is 0 Å². The average molecular weight is 711 g/mol. The molecule has 0 amide bonds. The molecule has 0 fully saturated rings. The molecule has 4 heteroatoms. The summed E-state index contributed by atoms with van der Waals surface area (Å²) >= 11 is 0. The number of aromatic hydroxyl groups is 2. The van der Waals surface area contributed by atoms with Gasteiger partial charge in [0.2, 0.25) is 0 Å². The molecule has 0 saturated heterocycles. The van der Waals surface area contributed by atoms with Gasteiger partial charge in [0, 0.05) is 18.3 Å². The van der Waals surface area contributed by atoms with Crippen molar-refractivity contribution in [1.82, 2.24) is 0 Å². The van der Waals surface area contributed by atoms with E-state index in [-0.39, 0.29) is 32.9 Å². The Hall–Kier alpha value is -4.57. The number of rotatable bonds is 7. The molecule has 4 aromatic carbocycles. The van der Waals surface area contributed by atoms with E-state index in [0.717, 1.165) is 29.5 Å². The number of carboxylic acid groups (broad SMARTS) is 1. The Balaban J connectivity index is 0. The van der Waals surface area contributed by atoms with Crippen molar-refractivity contribution in [2.75, 3.05) is 0 Å². The van der Waals surface area contributed by atoms with E-state index in [0.29, 0.717) is 18.1 Å². The molecule has 3 N–H and O–H groups in total. The number of carboxylic acids is 1. The van der Waals surface area contributed by atoms with Gasteiger partial charge in [-0.05, 0) is 88.0 Å². The Labute approximate surface area is 318 Å². The van der Waals surface area contributed by atoms with Crippen LogP contribution in [-0.4, -0.2) is 21.3 Å². The molecule has 0 saturated carbocycles. The summed E-state index contributed by atoms with van der Waals surface area (Å²) in [6.45, 7) is 18.2. The van der Waals surface area contributed by atoms with Gasteiger partial charge in [-0.15, -0.1) is 0 Å². The number of phenols is 2. The normalized spacial score (nSPS) is 13.4. The highest BCUT2D eigenvalue weighted by molar-refractivity contribution is 5.78. The lowest BCUT2D eigenvalue weighted by atomic mass is 9.84. The SMILES string of the molecule is C.C.CC.CC.CC.CC.CCCCC1c2ccccc2C=Cc2ccc(O)cc21.O=C(O)CCCC1c2ccccc2C=Cc2ccc(O)cc21. The third-order valence-corrected chi connectivity index (χ3v) is 8.25. The summed E-state index contributed by atoms with van der Waals surface area (Å²) in [6.07, 6.45) is 13.6. The van der Waals surface area contributed by atoms with Crippen molar-refractivity contribution in [3.63, 3.8) is 0 Å². The first-order valence-corrected chi connectivity index (χ1v) is 18.9. The number of hydrogen-bond donors (Lipinski definition) is 3. The first-order chi connectivity index (χ1) is 24.4. The van der Waals surface area contributed by atoms with E-state index in [1.807, 2.05) is 85.7 Å². The summed E-state index contributed by atoms with van der Waals surface area (Å²) in [4.78, 5) is 10.8. The summed E-state index contributed by atoms with van der Waals surface area (Å²) in [5, 5.41) is 28.6. The van der Waals surface area contributed by atoms with Crippen LogP contribution in [0.2, 0.25) is 0 Å². The fraction of sp³-hybridized carbons (Fsp3) is 0.396. The maximum atomic E-state index is 10.8. The molecule has 2 unspecified atom stereocenters. The van der Waals surface area contributed by atoms with Crippen molar-refractivity contribution in [3.05, 3.63) is 129 Å². The first-order valence-electron chi connectivity index (χ1n) is 18.9. The molecule has 2 atom stereocenters. The van der Waals surface area contributed by atoms with E-state index < -0.39 is 5.97 Å². The van der Waals surface area contributed by atoms with Crippen molar-refractivity contribution < 1.29 is 20.1 Å². The Kier molecular flexibility index (Phi) is 26.7. The van der Waals surface area contributed by atoms with Gasteiger partial charge >= 0.3 is 5.97 Å². The lowest BCUT2D eigenvalue weighted by Crippen LogP contribution is -2.05. The van der Waals surface area contributed by atoms with Crippen LogP contribution < -0.4 is 0 Å². The molecule has 2 aliphatic carbocycles. The van der Waals surface area contributed by atoms with Gasteiger partial charge < -0.3 is 15.3 Å². The van der Waals surface area contributed by atoms with Crippen LogP contribution in [0.3, 0.4) is 0 Å². The standard InChI is InChI=1S/C19H18O3.C19H20O.4C2H6.2CH4/c20-15-11-10-14-9-8-13-4-1-2-5-16(13)17(18(14)12-15)6-3-7-19(21)22;1-2-3-7-18-17-8-5-4-6-14(17)9-10-15-11-12-16(20)13-19(15)18;4*1-2;;/h1-2,4-5,8-12,17,20H,3,6-7H2,(H,21,22);4-6,8-13,18,20H,2-3,7H2,1H3;4*1-2H3;2*1H4. The lowest BCUT2D eigenvalue weighted by molar-refractivity contribution is -0.137. The predicted octanol–water partition coefficient (Wildman–Crippen LogP) is 14.8. The summed E-state index contributed by atoms with van der Waals surface area (Å²) < 4.78 is 0. The van der Waals surface area contributed by atoms with E-state index >= 15 is 0 Å². The van der Waals surface area contributed by atoms with Gasteiger partial charge in [-0.25, -0.2) is 0 Å². The summed E-state index contributed by atoms with van der Waals surface area (Å²) in [5.74, 6) is 0.319. The highest BCUT2D eigenvalue weighted by atomic mass is 16.4. The second kappa shape index (κ2) is 28.1. The van der Waals surface area contributed by atoms with Crippen LogP contribution in [0.1, 0.15) is 172 Å². The summed E-state index contributed by atoms with van der Waals surface area (Å²) in [6, 6.07) is 27.9. The van der Waals surface area contributed by atoms with Crippen molar-refractivity contribution in [2.45, 2.75) is 128 Å². The molecule has 0 spiro atoms. The minimum absolute atomic E-state index is 0. The monoisotopic (exact) mass is 711 g/mol. The Morgan fingerprint density at radius 3 is 1.23 bits per heavy atom. The fourth-order valence-electron chi connectivity index (χ4n) is 6.17. The Morgan fingerprint density at radius 2 is 0.865 bits per heavy atom. The Bertz CT molecular complexity index is 1610. The summed E-state index contributed by atoms with van der Waals surface area (Å²) in [7, 11) is 0. The number of fused-ring (bicyclic) bond motifs is 4. The highest BCUT2D eigenvalue weighted by Crippen LogP contribution is 2.40. The fourth-order valence-corrected chi connectivity index (χ4v) is 6.17. The number of carbonyl (C=O) groups is 1. The Morgan fingerprint density at radius 1 is 0.519 bits per heavy atom. The van der Waals surface area contributed by atoms with Gasteiger partial charge in [-0.2, -0.15) is 0 Å². The summed E-state index contributed by atoms with van der Waals surface area (Å²) in [5.41, 5.74) is 9.62.